The van der Waals surface area contributed by atoms with Gasteiger partial charge in [0.15, 0.2) is 17.2 Å². The predicted molar refractivity (Wildman–Crippen MR) is 72.9 cm³/mol. The van der Waals surface area contributed by atoms with Crippen molar-refractivity contribution in [2.75, 3.05) is 7.11 Å². The largest absolute Gasteiger partial charge is 0.512 e. The van der Waals surface area contributed by atoms with E-state index in [1.165, 1.54) is 6.92 Å². The Bertz CT molecular complexity index is 618. The van der Waals surface area contributed by atoms with E-state index >= 15 is 0 Å². The predicted octanol–water partition coefficient (Wildman–Crippen LogP) is 2.24. The monoisotopic (exact) mass is 275 g/mol. The molecular formula is C15H17NO4. The van der Waals surface area contributed by atoms with E-state index in [2.05, 4.69) is 5.32 Å². The molecule has 2 aliphatic heterocycles. The highest BCUT2D eigenvalue weighted by atomic mass is 16.5. The number of piperidine rings is 1. The molecule has 3 rings (SSSR count). The molecule has 0 unspecified atom stereocenters. The molecule has 1 amide bonds. The molecule has 0 radical (unpaired) electrons. The van der Waals surface area contributed by atoms with E-state index in [1.54, 1.807) is 7.11 Å². The van der Waals surface area contributed by atoms with Crippen LogP contribution in [0.25, 0.3) is 0 Å². The fourth-order valence-corrected chi connectivity index (χ4v) is 3.06. The van der Waals surface area contributed by atoms with Crippen LogP contribution in [0, 0.1) is 0 Å². The van der Waals surface area contributed by atoms with Gasteiger partial charge in [-0.25, -0.2) is 0 Å². The zero-order chi connectivity index (χ0) is 14.5. The maximum Gasteiger partial charge on any atom is 0.254 e. The molecule has 0 saturated carbocycles. The van der Waals surface area contributed by atoms with Gasteiger partial charge < -0.3 is 19.9 Å². The lowest BCUT2D eigenvalue weighted by atomic mass is 9.78. The molecule has 1 aromatic carbocycles. The van der Waals surface area contributed by atoms with Crippen LogP contribution in [-0.2, 0) is 4.79 Å². The number of aliphatic hydroxyl groups is 1. The lowest BCUT2D eigenvalue weighted by Gasteiger charge is -2.45. The van der Waals surface area contributed by atoms with Gasteiger partial charge in [-0.3, -0.25) is 4.79 Å². The molecule has 106 valence electrons. The molecule has 1 fully saturated rings. The van der Waals surface area contributed by atoms with Gasteiger partial charge in [-0.1, -0.05) is 12.1 Å². The number of nitrogens with one attached hydrogen (secondary N) is 1. The molecule has 2 bridgehead atoms. The number of allylic oxidation sites excluding steroid dienone is 1. The highest BCUT2D eigenvalue weighted by Gasteiger charge is 2.48. The van der Waals surface area contributed by atoms with E-state index < -0.39 is 5.72 Å². The molecule has 1 aromatic rings. The van der Waals surface area contributed by atoms with E-state index in [4.69, 9.17) is 9.47 Å². The third kappa shape index (κ3) is 1.73. The van der Waals surface area contributed by atoms with Crippen LogP contribution in [0.2, 0.25) is 0 Å². The lowest BCUT2D eigenvalue weighted by molar-refractivity contribution is -0.127. The van der Waals surface area contributed by atoms with Crippen molar-refractivity contribution in [3.05, 3.63) is 35.1 Å². The lowest BCUT2D eigenvalue weighted by Crippen LogP contribution is -2.58. The molecule has 2 heterocycles. The Morgan fingerprint density at radius 3 is 2.95 bits per heavy atom. The van der Waals surface area contributed by atoms with Crippen molar-refractivity contribution in [2.24, 2.45) is 0 Å². The highest BCUT2D eigenvalue weighted by molar-refractivity contribution is 5.97. The van der Waals surface area contributed by atoms with Crippen molar-refractivity contribution < 1.29 is 19.4 Å². The number of carbonyl (C=O) groups excluding carboxylic acids is 1. The summed E-state index contributed by atoms with van der Waals surface area (Å²) in [5.74, 6) is 0.844. The van der Waals surface area contributed by atoms with Crippen LogP contribution >= 0.6 is 0 Å². The molecule has 2 aliphatic rings. The first-order valence-corrected chi connectivity index (χ1v) is 6.53. The molecule has 5 nitrogen and oxygen atoms in total. The fourth-order valence-electron chi connectivity index (χ4n) is 3.06. The van der Waals surface area contributed by atoms with Gasteiger partial charge in [0, 0.05) is 17.9 Å². The van der Waals surface area contributed by atoms with Crippen LogP contribution in [0.15, 0.2) is 29.5 Å². The fraction of sp³-hybridized carbons (Fsp3) is 0.400. The number of ether oxygens (including phenoxy) is 2. The standard InChI is InChI=1S/C15H17NO4/c1-8(17)12-10-7-15(2,16-14(12)18)20-13-9(10)5-4-6-11(13)19-3/h4-6,10,17H,7H2,1-3H3,(H,16,18)/b12-8-/t10-,15-/m1/s1. The van der Waals surface area contributed by atoms with Crippen molar-refractivity contribution in [2.45, 2.75) is 31.9 Å². The number of fused-ring (bicyclic) bond motifs is 4. The summed E-state index contributed by atoms with van der Waals surface area (Å²) in [5, 5.41) is 12.7. The second-order valence-electron chi connectivity index (χ2n) is 5.42. The second-order valence-corrected chi connectivity index (χ2v) is 5.42. The smallest absolute Gasteiger partial charge is 0.254 e. The van der Waals surface area contributed by atoms with Crippen molar-refractivity contribution >= 4 is 5.91 Å². The molecule has 0 aromatic heterocycles. The first-order chi connectivity index (χ1) is 9.45. The minimum absolute atomic E-state index is 0.0465. The first kappa shape index (κ1) is 12.8. The van der Waals surface area contributed by atoms with E-state index in [0.29, 0.717) is 23.5 Å². The van der Waals surface area contributed by atoms with E-state index in [-0.39, 0.29) is 17.6 Å². The average molecular weight is 275 g/mol. The van der Waals surface area contributed by atoms with E-state index in [1.807, 2.05) is 25.1 Å². The van der Waals surface area contributed by atoms with E-state index in [0.717, 1.165) is 5.56 Å². The number of methoxy groups -OCH3 is 1. The average Bonchev–Trinajstić information content (AvgIpc) is 2.36. The Hall–Kier alpha value is -2.17. The summed E-state index contributed by atoms with van der Waals surface area (Å²) in [6.45, 7) is 3.36. The van der Waals surface area contributed by atoms with Gasteiger partial charge >= 0.3 is 0 Å². The normalized spacial score (nSPS) is 29.9. The topological polar surface area (TPSA) is 67.8 Å². The minimum Gasteiger partial charge on any atom is -0.512 e. The number of carbonyl (C=O) groups is 1. The number of para-hydroxylation sites is 1. The first-order valence-electron chi connectivity index (χ1n) is 6.53. The maximum absolute atomic E-state index is 12.2. The van der Waals surface area contributed by atoms with Gasteiger partial charge in [0.25, 0.3) is 5.91 Å². The molecule has 1 saturated heterocycles. The Morgan fingerprint density at radius 2 is 2.30 bits per heavy atom. The molecule has 0 aliphatic carbocycles. The summed E-state index contributed by atoms with van der Waals surface area (Å²) >= 11 is 0. The number of amides is 1. The number of benzene rings is 1. The third-order valence-corrected chi connectivity index (χ3v) is 3.89. The van der Waals surface area contributed by atoms with Crippen LogP contribution < -0.4 is 14.8 Å². The van der Waals surface area contributed by atoms with Gasteiger partial charge in [-0.2, -0.15) is 0 Å². The van der Waals surface area contributed by atoms with Gasteiger partial charge in [0.05, 0.1) is 18.4 Å². The number of hydrogen-bond acceptors (Lipinski definition) is 4. The van der Waals surface area contributed by atoms with Crippen LogP contribution in [0.3, 0.4) is 0 Å². The molecule has 20 heavy (non-hydrogen) atoms. The summed E-state index contributed by atoms with van der Waals surface area (Å²) < 4.78 is 11.3. The van der Waals surface area contributed by atoms with Gasteiger partial charge in [0.1, 0.15) is 0 Å². The van der Waals surface area contributed by atoms with Crippen molar-refractivity contribution in [1.82, 2.24) is 5.32 Å². The summed E-state index contributed by atoms with van der Waals surface area (Å²) in [6.07, 6.45) is 0.589. The number of hydrogen-bond donors (Lipinski definition) is 2. The minimum atomic E-state index is -0.775. The highest BCUT2D eigenvalue weighted by Crippen LogP contribution is 2.50. The third-order valence-electron chi connectivity index (χ3n) is 3.89. The Morgan fingerprint density at radius 1 is 1.55 bits per heavy atom. The Kier molecular flexibility index (Phi) is 2.67. The SMILES string of the molecule is COc1cccc2c1O[C@]1(C)C[C@H]2/C(=C(\C)O)C(=O)N1. The summed E-state index contributed by atoms with van der Waals surface area (Å²) in [6, 6.07) is 5.59. The zero-order valence-electron chi connectivity index (χ0n) is 11.7. The quantitative estimate of drug-likeness (QED) is 0.609. The maximum atomic E-state index is 12.2. The van der Waals surface area contributed by atoms with E-state index in [9.17, 15) is 9.90 Å². The van der Waals surface area contributed by atoms with Crippen molar-refractivity contribution in [3.63, 3.8) is 0 Å². The van der Waals surface area contributed by atoms with Gasteiger partial charge in [-0.05, 0) is 19.9 Å². The number of aliphatic hydroxyl groups excluding tert-OH is 1. The summed E-state index contributed by atoms with van der Waals surface area (Å²) in [7, 11) is 1.58. The van der Waals surface area contributed by atoms with Crippen molar-refractivity contribution in [3.8, 4) is 11.5 Å². The zero-order valence-corrected chi connectivity index (χ0v) is 11.7. The van der Waals surface area contributed by atoms with Crippen LogP contribution in [0.4, 0.5) is 0 Å². The molecule has 2 atom stereocenters. The molecular weight excluding hydrogens is 258 g/mol. The second kappa shape index (κ2) is 4.16. The van der Waals surface area contributed by atoms with Gasteiger partial charge in [0.2, 0.25) is 0 Å². The Labute approximate surface area is 117 Å². The van der Waals surface area contributed by atoms with Crippen LogP contribution in [0.1, 0.15) is 31.7 Å². The summed E-state index contributed by atoms with van der Waals surface area (Å²) in [5.41, 5.74) is 0.503. The van der Waals surface area contributed by atoms with Crippen LogP contribution in [-0.4, -0.2) is 23.8 Å². The van der Waals surface area contributed by atoms with Gasteiger partial charge in [-0.15, -0.1) is 0 Å². The molecule has 2 N–H and O–H groups in total. The van der Waals surface area contributed by atoms with Crippen LogP contribution in [0.5, 0.6) is 11.5 Å². The Balaban J connectivity index is 2.23. The summed E-state index contributed by atoms with van der Waals surface area (Å²) in [4.78, 5) is 12.2. The van der Waals surface area contributed by atoms with Crippen molar-refractivity contribution in [1.29, 1.82) is 0 Å². The molecule has 0 spiro atoms. The molecule has 5 heteroatoms. The number of rotatable bonds is 1.